The molecule has 2 aromatic rings. The van der Waals surface area contributed by atoms with Crippen LogP contribution in [0.15, 0.2) is 28.7 Å². The van der Waals surface area contributed by atoms with Crippen LogP contribution in [0.5, 0.6) is 0 Å². The Bertz CT molecular complexity index is 516. The van der Waals surface area contributed by atoms with Gasteiger partial charge in [0.05, 0.1) is 0 Å². The van der Waals surface area contributed by atoms with Gasteiger partial charge in [-0.05, 0) is 39.1 Å². The van der Waals surface area contributed by atoms with E-state index in [1.54, 1.807) is 0 Å². The molecule has 19 heavy (non-hydrogen) atoms. The number of aromatic nitrogens is 1. The molecular weight excluding hydrogens is 238 g/mol. The lowest BCUT2D eigenvalue weighted by molar-refractivity contribution is 0.283. The van der Waals surface area contributed by atoms with E-state index in [9.17, 15) is 0 Å². The molecule has 1 unspecified atom stereocenters. The van der Waals surface area contributed by atoms with Crippen LogP contribution in [0, 0.1) is 0 Å². The monoisotopic (exact) mass is 259 g/mol. The lowest BCUT2D eigenvalue weighted by Gasteiger charge is -2.27. The van der Waals surface area contributed by atoms with E-state index in [1.165, 1.54) is 19.3 Å². The molecule has 0 aliphatic carbocycles. The van der Waals surface area contributed by atoms with Gasteiger partial charge in [-0.25, -0.2) is 0 Å². The molecule has 4 nitrogen and oxygen atoms in total. The van der Waals surface area contributed by atoms with Gasteiger partial charge in [0.25, 0.3) is 6.01 Å². The zero-order valence-corrected chi connectivity index (χ0v) is 11.7. The van der Waals surface area contributed by atoms with Gasteiger partial charge in [0.15, 0.2) is 5.58 Å². The second kappa shape index (κ2) is 5.21. The Kier molecular flexibility index (Phi) is 3.42. The molecule has 0 saturated carbocycles. The highest BCUT2D eigenvalue weighted by Crippen LogP contribution is 2.24. The van der Waals surface area contributed by atoms with Gasteiger partial charge in [-0.2, -0.15) is 4.98 Å². The van der Waals surface area contributed by atoms with E-state index in [0.717, 1.165) is 30.2 Å². The van der Waals surface area contributed by atoms with E-state index < -0.39 is 0 Å². The van der Waals surface area contributed by atoms with Crippen LogP contribution in [0.1, 0.15) is 19.3 Å². The summed E-state index contributed by atoms with van der Waals surface area (Å²) in [5.41, 5.74) is 1.83. The molecule has 1 saturated heterocycles. The molecule has 0 spiro atoms. The zero-order chi connectivity index (χ0) is 13.2. The SMILES string of the molecule is CN(C)C1CCCCN(c2nc3ccccc3o2)C1. The third kappa shape index (κ3) is 2.59. The zero-order valence-electron chi connectivity index (χ0n) is 11.7. The fraction of sp³-hybridized carbons (Fsp3) is 0.533. The maximum absolute atomic E-state index is 5.89. The van der Waals surface area contributed by atoms with Gasteiger partial charge in [0.2, 0.25) is 0 Å². The molecule has 0 amide bonds. The number of para-hydroxylation sites is 2. The molecule has 102 valence electrons. The highest BCUT2D eigenvalue weighted by Gasteiger charge is 2.22. The minimum Gasteiger partial charge on any atom is -0.423 e. The van der Waals surface area contributed by atoms with Crippen LogP contribution in [0.3, 0.4) is 0 Å². The van der Waals surface area contributed by atoms with Crippen molar-refractivity contribution in [3.63, 3.8) is 0 Å². The summed E-state index contributed by atoms with van der Waals surface area (Å²) >= 11 is 0. The van der Waals surface area contributed by atoms with Crippen molar-refractivity contribution < 1.29 is 4.42 Å². The van der Waals surface area contributed by atoms with Gasteiger partial charge in [-0.3, -0.25) is 0 Å². The number of hydrogen-bond acceptors (Lipinski definition) is 4. The predicted molar refractivity (Wildman–Crippen MR) is 77.5 cm³/mol. The van der Waals surface area contributed by atoms with E-state index in [4.69, 9.17) is 4.42 Å². The lowest BCUT2D eigenvalue weighted by Crippen LogP contribution is -2.39. The summed E-state index contributed by atoms with van der Waals surface area (Å²) < 4.78 is 5.89. The molecule has 1 fully saturated rings. The topological polar surface area (TPSA) is 32.5 Å². The van der Waals surface area contributed by atoms with E-state index in [2.05, 4.69) is 28.9 Å². The Labute approximate surface area is 114 Å². The number of oxazole rings is 1. The molecule has 1 aliphatic rings. The van der Waals surface area contributed by atoms with Gasteiger partial charge in [0, 0.05) is 19.1 Å². The van der Waals surface area contributed by atoms with E-state index in [1.807, 2.05) is 24.3 Å². The van der Waals surface area contributed by atoms with Crippen molar-refractivity contribution in [1.29, 1.82) is 0 Å². The highest BCUT2D eigenvalue weighted by atomic mass is 16.4. The number of hydrogen-bond donors (Lipinski definition) is 0. The summed E-state index contributed by atoms with van der Waals surface area (Å²) in [5, 5.41) is 0. The molecule has 0 bridgehead atoms. The van der Waals surface area contributed by atoms with Crippen LogP contribution < -0.4 is 4.90 Å². The van der Waals surface area contributed by atoms with Gasteiger partial charge in [0.1, 0.15) is 5.52 Å². The molecule has 1 atom stereocenters. The highest BCUT2D eigenvalue weighted by molar-refractivity contribution is 5.74. The largest absolute Gasteiger partial charge is 0.423 e. The van der Waals surface area contributed by atoms with Crippen molar-refractivity contribution in [3.05, 3.63) is 24.3 Å². The summed E-state index contributed by atoms with van der Waals surface area (Å²) in [6.07, 6.45) is 3.74. The smallest absolute Gasteiger partial charge is 0.298 e. The minimum absolute atomic E-state index is 0.581. The quantitative estimate of drug-likeness (QED) is 0.830. The number of benzene rings is 1. The first-order valence-electron chi connectivity index (χ1n) is 7.01. The van der Waals surface area contributed by atoms with Crippen LogP contribution in [0.4, 0.5) is 6.01 Å². The second-order valence-corrected chi connectivity index (χ2v) is 5.52. The minimum atomic E-state index is 0.581. The van der Waals surface area contributed by atoms with Crippen molar-refractivity contribution in [2.75, 3.05) is 32.1 Å². The van der Waals surface area contributed by atoms with Gasteiger partial charge in [-0.15, -0.1) is 0 Å². The molecule has 1 aromatic carbocycles. The summed E-state index contributed by atoms with van der Waals surface area (Å²) in [6.45, 7) is 2.04. The average molecular weight is 259 g/mol. The standard InChI is InChI=1S/C15H21N3O/c1-17(2)12-7-5-6-10-18(11-12)15-16-13-8-3-4-9-14(13)19-15/h3-4,8-9,12H,5-7,10-11H2,1-2H3. The fourth-order valence-electron chi connectivity index (χ4n) is 2.71. The first kappa shape index (κ1) is 12.5. The van der Waals surface area contributed by atoms with E-state index >= 15 is 0 Å². The molecule has 1 aliphatic heterocycles. The summed E-state index contributed by atoms with van der Waals surface area (Å²) in [7, 11) is 4.31. The molecule has 4 heteroatoms. The average Bonchev–Trinajstić information content (AvgIpc) is 2.67. The van der Waals surface area contributed by atoms with E-state index in [0.29, 0.717) is 6.04 Å². The molecule has 0 N–H and O–H groups in total. The number of likely N-dealkylation sites (N-methyl/N-ethyl adjacent to an activating group) is 1. The number of fused-ring (bicyclic) bond motifs is 1. The summed E-state index contributed by atoms with van der Waals surface area (Å²) in [5.74, 6) is 0. The number of rotatable bonds is 2. The molecule has 3 rings (SSSR count). The lowest BCUT2D eigenvalue weighted by atomic mass is 10.1. The van der Waals surface area contributed by atoms with Crippen molar-refractivity contribution >= 4 is 17.1 Å². The Morgan fingerprint density at radius 2 is 2.11 bits per heavy atom. The van der Waals surface area contributed by atoms with Crippen molar-refractivity contribution in [1.82, 2.24) is 9.88 Å². The van der Waals surface area contributed by atoms with Crippen LogP contribution >= 0.6 is 0 Å². The van der Waals surface area contributed by atoms with E-state index in [-0.39, 0.29) is 0 Å². The van der Waals surface area contributed by atoms with Gasteiger partial charge >= 0.3 is 0 Å². The maximum Gasteiger partial charge on any atom is 0.298 e. The Morgan fingerprint density at radius 1 is 1.26 bits per heavy atom. The normalized spacial score (nSPS) is 21.0. The Hall–Kier alpha value is -1.55. The molecular formula is C15H21N3O. The Balaban J connectivity index is 1.86. The Morgan fingerprint density at radius 3 is 2.89 bits per heavy atom. The second-order valence-electron chi connectivity index (χ2n) is 5.52. The van der Waals surface area contributed by atoms with Crippen molar-refractivity contribution in [2.45, 2.75) is 25.3 Å². The summed E-state index contributed by atoms with van der Waals surface area (Å²) in [6, 6.07) is 9.33. The van der Waals surface area contributed by atoms with Gasteiger partial charge in [-0.1, -0.05) is 18.6 Å². The first-order valence-corrected chi connectivity index (χ1v) is 7.01. The number of anilines is 1. The van der Waals surface area contributed by atoms with Crippen LogP contribution in [0.2, 0.25) is 0 Å². The first-order chi connectivity index (χ1) is 9.24. The van der Waals surface area contributed by atoms with Gasteiger partial charge < -0.3 is 14.2 Å². The molecule has 0 radical (unpaired) electrons. The number of nitrogens with zero attached hydrogens (tertiary/aromatic N) is 3. The van der Waals surface area contributed by atoms with Crippen molar-refractivity contribution in [3.8, 4) is 0 Å². The predicted octanol–water partition coefficient (Wildman–Crippen LogP) is 2.75. The molecule has 2 heterocycles. The third-order valence-corrected chi connectivity index (χ3v) is 3.93. The van der Waals surface area contributed by atoms with Crippen LogP contribution in [-0.2, 0) is 0 Å². The van der Waals surface area contributed by atoms with Crippen molar-refractivity contribution in [2.24, 2.45) is 0 Å². The van der Waals surface area contributed by atoms with Crippen LogP contribution in [0.25, 0.3) is 11.1 Å². The third-order valence-electron chi connectivity index (χ3n) is 3.93. The van der Waals surface area contributed by atoms with Crippen LogP contribution in [-0.4, -0.2) is 43.1 Å². The molecule has 1 aromatic heterocycles. The maximum atomic E-state index is 5.89. The summed E-state index contributed by atoms with van der Waals surface area (Å²) in [4.78, 5) is 9.21. The fourth-order valence-corrected chi connectivity index (χ4v) is 2.71.